The molecule has 2 N–H and O–H groups in total. The third kappa shape index (κ3) is 2.41. The number of carbonyl (C=O) groups excluding carboxylic acids is 2. The summed E-state index contributed by atoms with van der Waals surface area (Å²) in [6, 6.07) is 28.6. The molecule has 146 valence electrons. The Morgan fingerprint density at radius 3 is 1.87 bits per heavy atom. The van der Waals surface area contributed by atoms with Crippen LogP contribution in [0, 0.1) is 0 Å². The average molecular weight is 399 g/mol. The van der Waals surface area contributed by atoms with Crippen LogP contribution in [0.2, 0.25) is 0 Å². The van der Waals surface area contributed by atoms with E-state index in [1.165, 1.54) is 0 Å². The molecule has 6 rings (SSSR count). The zero-order valence-electron chi connectivity index (χ0n) is 16.6. The quantitative estimate of drug-likeness (QED) is 0.344. The Kier molecular flexibility index (Phi) is 3.62. The number of hydrogen-bond donors (Lipinski definition) is 1. The Morgan fingerprint density at radius 2 is 1.10 bits per heavy atom. The van der Waals surface area contributed by atoms with Gasteiger partial charge in [0.15, 0.2) is 11.6 Å². The highest BCUT2D eigenvalue weighted by Crippen LogP contribution is 2.43. The van der Waals surface area contributed by atoms with E-state index in [-0.39, 0.29) is 11.6 Å². The fourth-order valence-corrected chi connectivity index (χ4v) is 4.71. The molecule has 5 aromatic carbocycles. The molecule has 0 spiro atoms. The predicted molar refractivity (Wildman–Crippen MR) is 125 cm³/mol. The lowest BCUT2D eigenvalue weighted by Gasteiger charge is -2.23. The minimum absolute atomic E-state index is 0.128. The topological polar surface area (TPSA) is 60.2 Å². The second-order valence-corrected chi connectivity index (χ2v) is 7.85. The van der Waals surface area contributed by atoms with Crippen LogP contribution in [-0.4, -0.2) is 11.6 Å². The van der Waals surface area contributed by atoms with Crippen LogP contribution in [0.1, 0.15) is 31.8 Å². The van der Waals surface area contributed by atoms with Crippen LogP contribution in [-0.2, 0) is 0 Å². The van der Waals surface area contributed by atoms with E-state index in [0.717, 1.165) is 32.7 Å². The molecular formula is C28H17NO2. The first-order valence-corrected chi connectivity index (χ1v) is 10.2. The van der Waals surface area contributed by atoms with Crippen LogP contribution >= 0.6 is 0 Å². The molecule has 0 aliphatic heterocycles. The fourth-order valence-electron chi connectivity index (χ4n) is 4.71. The molecular weight excluding hydrogens is 382 g/mol. The minimum atomic E-state index is -0.140. The summed E-state index contributed by atoms with van der Waals surface area (Å²) in [5, 5.41) is 3.77. The molecule has 0 fully saturated rings. The molecule has 0 atom stereocenters. The first-order valence-electron chi connectivity index (χ1n) is 10.2. The fraction of sp³-hybridized carbons (Fsp3) is 0. The first-order chi connectivity index (χ1) is 15.1. The number of nitrogens with two attached hydrogens (primary N) is 1. The number of ketones is 2. The van der Waals surface area contributed by atoms with Gasteiger partial charge in [-0.05, 0) is 22.2 Å². The largest absolute Gasteiger partial charge is 0.398 e. The van der Waals surface area contributed by atoms with Gasteiger partial charge in [0.05, 0.1) is 0 Å². The van der Waals surface area contributed by atoms with Crippen LogP contribution in [0.5, 0.6) is 0 Å². The van der Waals surface area contributed by atoms with E-state index in [0.29, 0.717) is 27.9 Å². The van der Waals surface area contributed by atoms with Gasteiger partial charge in [0.1, 0.15) is 0 Å². The van der Waals surface area contributed by atoms with E-state index in [1.54, 1.807) is 24.3 Å². The van der Waals surface area contributed by atoms with Crippen LogP contribution in [0.15, 0.2) is 91.0 Å². The van der Waals surface area contributed by atoms with Crippen molar-refractivity contribution in [3.63, 3.8) is 0 Å². The lowest BCUT2D eigenvalue weighted by atomic mass is 9.78. The molecule has 3 heteroatoms. The van der Waals surface area contributed by atoms with Crippen molar-refractivity contribution in [1.82, 2.24) is 0 Å². The Hall–Kier alpha value is -4.24. The SMILES string of the molecule is Nc1c(-c2c3c(cc4ccccc24)C(=O)c2ccccc2C3=O)ccc2ccccc12. The second kappa shape index (κ2) is 6.38. The van der Waals surface area contributed by atoms with Crippen molar-refractivity contribution in [2.45, 2.75) is 0 Å². The van der Waals surface area contributed by atoms with E-state index < -0.39 is 0 Å². The molecule has 0 aromatic heterocycles. The molecule has 0 amide bonds. The highest BCUT2D eigenvalue weighted by Gasteiger charge is 2.33. The highest BCUT2D eigenvalue weighted by molar-refractivity contribution is 6.33. The molecule has 0 saturated carbocycles. The summed E-state index contributed by atoms with van der Waals surface area (Å²) >= 11 is 0. The Labute approximate surface area is 178 Å². The van der Waals surface area contributed by atoms with Crippen molar-refractivity contribution in [1.29, 1.82) is 0 Å². The molecule has 0 bridgehead atoms. The van der Waals surface area contributed by atoms with Crippen molar-refractivity contribution < 1.29 is 9.59 Å². The summed E-state index contributed by atoms with van der Waals surface area (Å²) < 4.78 is 0. The van der Waals surface area contributed by atoms with E-state index in [2.05, 4.69) is 0 Å². The molecule has 5 aromatic rings. The van der Waals surface area contributed by atoms with Crippen LogP contribution in [0.25, 0.3) is 32.7 Å². The van der Waals surface area contributed by atoms with E-state index in [4.69, 9.17) is 5.73 Å². The zero-order valence-corrected chi connectivity index (χ0v) is 16.6. The van der Waals surface area contributed by atoms with Crippen molar-refractivity contribution in [2.75, 3.05) is 5.73 Å². The first kappa shape index (κ1) is 17.6. The highest BCUT2D eigenvalue weighted by atomic mass is 16.1. The van der Waals surface area contributed by atoms with E-state index >= 15 is 0 Å². The predicted octanol–water partition coefficient (Wildman–Crippen LogP) is 6.02. The lowest BCUT2D eigenvalue weighted by molar-refractivity contribution is 0.0980. The molecule has 0 radical (unpaired) electrons. The monoisotopic (exact) mass is 399 g/mol. The number of nitrogen functional groups attached to an aromatic ring is 1. The van der Waals surface area contributed by atoms with Gasteiger partial charge in [0.25, 0.3) is 0 Å². The van der Waals surface area contributed by atoms with Gasteiger partial charge in [-0.25, -0.2) is 0 Å². The average Bonchev–Trinajstić information content (AvgIpc) is 2.82. The van der Waals surface area contributed by atoms with Crippen LogP contribution < -0.4 is 5.73 Å². The summed E-state index contributed by atoms with van der Waals surface area (Å²) in [6.45, 7) is 0. The summed E-state index contributed by atoms with van der Waals surface area (Å²) in [7, 11) is 0. The van der Waals surface area contributed by atoms with Crippen LogP contribution in [0.3, 0.4) is 0 Å². The van der Waals surface area contributed by atoms with E-state index in [9.17, 15) is 9.59 Å². The van der Waals surface area contributed by atoms with E-state index in [1.807, 2.05) is 66.7 Å². The third-order valence-corrected chi connectivity index (χ3v) is 6.18. The number of carbonyl (C=O) groups is 2. The smallest absolute Gasteiger partial charge is 0.195 e. The molecule has 0 saturated heterocycles. The van der Waals surface area contributed by atoms with Crippen molar-refractivity contribution in [2.24, 2.45) is 0 Å². The van der Waals surface area contributed by atoms with Gasteiger partial charge in [0, 0.05) is 44.5 Å². The Balaban J connectivity index is 1.78. The normalized spacial score (nSPS) is 12.8. The lowest BCUT2D eigenvalue weighted by Crippen LogP contribution is -2.22. The molecule has 0 heterocycles. The van der Waals surface area contributed by atoms with Gasteiger partial charge in [-0.1, -0.05) is 84.9 Å². The maximum Gasteiger partial charge on any atom is 0.195 e. The van der Waals surface area contributed by atoms with Crippen molar-refractivity contribution in [3.05, 3.63) is 113 Å². The number of hydrogen-bond acceptors (Lipinski definition) is 3. The maximum atomic E-state index is 13.7. The maximum absolute atomic E-state index is 13.7. The number of benzene rings is 5. The van der Waals surface area contributed by atoms with Crippen molar-refractivity contribution >= 4 is 38.8 Å². The molecule has 1 aliphatic rings. The summed E-state index contributed by atoms with van der Waals surface area (Å²) in [6.07, 6.45) is 0. The molecule has 3 nitrogen and oxygen atoms in total. The summed E-state index contributed by atoms with van der Waals surface area (Å²) in [4.78, 5) is 27.1. The van der Waals surface area contributed by atoms with Gasteiger partial charge >= 0.3 is 0 Å². The zero-order chi connectivity index (χ0) is 21.1. The van der Waals surface area contributed by atoms with Crippen LogP contribution in [0.4, 0.5) is 5.69 Å². The summed E-state index contributed by atoms with van der Waals surface area (Å²) in [5.74, 6) is -0.268. The Morgan fingerprint density at radius 1 is 0.484 bits per heavy atom. The van der Waals surface area contributed by atoms with Gasteiger partial charge in [0.2, 0.25) is 0 Å². The number of fused-ring (bicyclic) bond motifs is 4. The number of rotatable bonds is 1. The van der Waals surface area contributed by atoms with Gasteiger partial charge in [-0.2, -0.15) is 0 Å². The Bertz CT molecular complexity index is 1580. The number of anilines is 1. The molecule has 1 aliphatic carbocycles. The molecule has 0 unspecified atom stereocenters. The van der Waals surface area contributed by atoms with Gasteiger partial charge < -0.3 is 5.73 Å². The molecule has 31 heavy (non-hydrogen) atoms. The van der Waals surface area contributed by atoms with Gasteiger partial charge in [-0.15, -0.1) is 0 Å². The van der Waals surface area contributed by atoms with Gasteiger partial charge in [-0.3, -0.25) is 9.59 Å². The minimum Gasteiger partial charge on any atom is -0.398 e. The second-order valence-electron chi connectivity index (χ2n) is 7.85. The summed E-state index contributed by atoms with van der Waals surface area (Å²) in [5.41, 5.74) is 10.5. The third-order valence-electron chi connectivity index (χ3n) is 6.18. The standard InChI is InChI=1S/C28H17NO2/c29-26-19-10-4-1-7-16(19)13-14-22(26)24-18-9-3-2-8-17(18)15-23-25(24)28(31)21-12-6-5-11-20(21)27(23)30/h1-15H,29H2. The van der Waals surface area contributed by atoms with Crippen molar-refractivity contribution in [3.8, 4) is 11.1 Å².